The number of benzene rings is 4. The second-order valence-corrected chi connectivity index (χ2v) is 13.0. The van der Waals surface area contributed by atoms with Crippen LogP contribution in [0.15, 0.2) is 72.8 Å². The quantitative estimate of drug-likeness (QED) is 0.139. The van der Waals surface area contributed by atoms with Crippen LogP contribution >= 0.6 is 11.7 Å². The van der Waals surface area contributed by atoms with E-state index < -0.39 is 0 Å². The number of unbranched alkanes of at least 4 members (excludes halogenated alkanes) is 6. The summed E-state index contributed by atoms with van der Waals surface area (Å²) in [5.41, 5.74) is 15.7. The number of nitrogens with zero attached hydrogens (tertiary/aromatic N) is 2. The summed E-state index contributed by atoms with van der Waals surface area (Å²) in [5.74, 6) is 0. The first-order valence-corrected chi connectivity index (χ1v) is 16.9. The Balaban J connectivity index is 1.51. The van der Waals surface area contributed by atoms with Crippen molar-refractivity contribution in [2.75, 3.05) is 0 Å². The van der Waals surface area contributed by atoms with E-state index in [1.165, 1.54) is 126 Å². The number of aromatic nitrogens is 2. The first kappa shape index (κ1) is 28.8. The Morgan fingerprint density at radius 1 is 0.548 bits per heavy atom. The largest absolute Gasteiger partial charge is 0.173 e. The molecule has 0 radical (unpaired) electrons. The summed E-state index contributed by atoms with van der Waals surface area (Å²) in [4.78, 5) is 0. The second-order valence-electron chi connectivity index (χ2n) is 12.5. The summed E-state index contributed by atoms with van der Waals surface area (Å²) in [5, 5.41) is 0. The van der Waals surface area contributed by atoms with E-state index in [0.717, 1.165) is 11.0 Å². The van der Waals surface area contributed by atoms with E-state index >= 15 is 0 Å². The molecular weight excluding hydrogens is 529 g/mol. The van der Waals surface area contributed by atoms with Crippen molar-refractivity contribution in [2.45, 2.75) is 97.3 Å². The molecule has 1 heterocycles. The average Bonchev–Trinajstić information content (AvgIpc) is 3.61. The number of hydrogen-bond acceptors (Lipinski definition) is 3. The molecule has 0 unspecified atom stereocenters. The van der Waals surface area contributed by atoms with Gasteiger partial charge >= 0.3 is 0 Å². The van der Waals surface area contributed by atoms with Gasteiger partial charge in [0.15, 0.2) is 0 Å². The molecule has 42 heavy (non-hydrogen) atoms. The molecule has 3 heteroatoms. The van der Waals surface area contributed by atoms with Gasteiger partial charge in [0, 0.05) is 11.0 Å². The van der Waals surface area contributed by atoms with Crippen molar-refractivity contribution < 1.29 is 0 Å². The van der Waals surface area contributed by atoms with E-state index in [4.69, 9.17) is 4.37 Å². The molecule has 0 saturated heterocycles. The zero-order valence-corrected chi connectivity index (χ0v) is 26.6. The molecule has 0 amide bonds. The van der Waals surface area contributed by atoms with Gasteiger partial charge < -0.3 is 0 Å². The van der Waals surface area contributed by atoms with Crippen LogP contribution < -0.4 is 0 Å². The van der Waals surface area contributed by atoms with Gasteiger partial charge in [-0.05, 0) is 83.3 Å². The minimum atomic E-state index is 0.0347. The van der Waals surface area contributed by atoms with Crippen LogP contribution in [0.4, 0.5) is 0 Å². The van der Waals surface area contributed by atoms with Crippen LogP contribution in [0.2, 0.25) is 0 Å². The van der Waals surface area contributed by atoms with Crippen molar-refractivity contribution in [3.8, 4) is 33.4 Å². The van der Waals surface area contributed by atoms with Gasteiger partial charge in [0.25, 0.3) is 0 Å². The minimum Gasteiger partial charge on any atom is -0.173 e. The Morgan fingerprint density at radius 2 is 1.10 bits per heavy atom. The van der Waals surface area contributed by atoms with Gasteiger partial charge in [0.1, 0.15) is 11.0 Å². The Hall–Kier alpha value is -3.30. The Labute approximate surface area is 256 Å². The Kier molecular flexibility index (Phi) is 8.58. The predicted octanol–water partition coefficient (Wildman–Crippen LogP) is 11.8. The maximum Gasteiger partial charge on any atom is 0.112 e. The topological polar surface area (TPSA) is 25.8 Å². The number of aryl methyl sites for hydroxylation is 2. The highest BCUT2D eigenvalue weighted by Gasteiger charge is 2.42. The van der Waals surface area contributed by atoms with E-state index in [1.54, 1.807) is 5.56 Å². The molecule has 0 saturated carbocycles. The van der Waals surface area contributed by atoms with Crippen LogP contribution in [0.3, 0.4) is 0 Å². The van der Waals surface area contributed by atoms with Crippen LogP contribution in [0.5, 0.6) is 0 Å². The third kappa shape index (κ3) is 5.33. The normalized spacial score (nSPS) is 13.4. The SMILES string of the molecule is CCCCCCC1(CCCCCC)c2cc(-c3ccc(C)cc3)ccc2-c2ccc(-c3ccc(C)c4nsnc34)cc21. The summed E-state index contributed by atoms with van der Waals surface area (Å²) < 4.78 is 9.38. The molecule has 0 fully saturated rings. The summed E-state index contributed by atoms with van der Waals surface area (Å²) in [6, 6.07) is 28.1. The van der Waals surface area contributed by atoms with Gasteiger partial charge in [-0.25, -0.2) is 0 Å². The molecular formula is C39H44N2S. The molecule has 5 aromatic rings. The van der Waals surface area contributed by atoms with Gasteiger partial charge in [0.05, 0.1) is 11.7 Å². The minimum absolute atomic E-state index is 0.0347. The van der Waals surface area contributed by atoms with Crippen LogP contribution in [-0.4, -0.2) is 8.75 Å². The lowest BCUT2D eigenvalue weighted by Crippen LogP contribution is -2.25. The van der Waals surface area contributed by atoms with Crippen molar-refractivity contribution in [1.82, 2.24) is 8.75 Å². The van der Waals surface area contributed by atoms with Crippen LogP contribution in [0.1, 0.15) is 100 Å². The first-order valence-electron chi connectivity index (χ1n) is 16.1. The highest BCUT2D eigenvalue weighted by atomic mass is 32.1. The lowest BCUT2D eigenvalue weighted by molar-refractivity contribution is 0.401. The fraction of sp³-hybridized carbons (Fsp3) is 0.385. The predicted molar refractivity (Wildman–Crippen MR) is 181 cm³/mol. The van der Waals surface area contributed by atoms with Crippen molar-refractivity contribution in [3.05, 3.63) is 95.1 Å². The highest BCUT2D eigenvalue weighted by molar-refractivity contribution is 7.00. The Bertz CT molecular complexity index is 1670. The van der Waals surface area contributed by atoms with Gasteiger partial charge in [-0.15, -0.1) is 0 Å². The first-order chi connectivity index (χ1) is 20.6. The number of fused-ring (bicyclic) bond motifs is 4. The van der Waals surface area contributed by atoms with Crippen LogP contribution in [0.25, 0.3) is 44.4 Å². The van der Waals surface area contributed by atoms with Gasteiger partial charge in [-0.1, -0.05) is 131 Å². The molecule has 1 aliphatic carbocycles. The maximum atomic E-state index is 4.75. The van der Waals surface area contributed by atoms with E-state index in [1.807, 2.05) is 0 Å². The maximum absolute atomic E-state index is 4.75. The zero-order chi connectivity index (χ0) is 29.1. The van der Waals surface area contributed by atoms with Gasteiger partial charge in [-0.2, -0.15) is 8.75 Å². The molecule has 0 N–H and O–H groups in total. The summed E-state index contributed by atoms with van der Waals surface area (Å²) in [6.45, 7) is 8.94. The van der Waals surface area contributed by atoms with Crippen LogP contribution in [0, 0.1) is 13.8 Å². The Morgan fingerprint density at radius 3 is 1.74 bits per heavy atom. The standard InChI is InChI=1S/C39H44N2S/c1-5-7-9-11-23-39(24-12-10-8-6-2)35-25-30(29-16-13-27(3)14-17-29)18-21-33(35)34-22-19-31(26-36(34)39)32-20-15-28(4)37-38(32)41-42-40-37/h13-22,25-26H,5-12,23-24H2,1-4H3. The lowest BCUT2D eigenvalue weighted by Gasteiger charge is -2.33. The molecule has 2 nitrogen and oxygen atoms in total. The van der Waals surface area contributed by atoms with Crippen molar-refractivity contribution in [2.24, 2.45) is 0 Å². The smallest absolute Gasteiger partial charge is 0.112 e. The van der Waals surface area contributed by atoms with Crippen molar-refractivity contribution in [3.63, 3.8) is 0 Å². The number of rotatable bonds is 12. The molecule has 0 bridgehead atoms. The monoisotopic (exact) mass is 572 g/mol. The molecule has 0 atom stereocenters. The van der Waals surface area contributed by atoms with Crippen molar-refractivity contribution in [1.29, 1.82) is 0 Å². The van der Waals surface area contributed by atoms with E-state index in [9.17, 15) is 0 Å². The highest BCUT2D eigenvalue weighted by Crippen LogP contribution is 2.56. The van der Waals surface area contributed by atoms with E-state index in [-0.39, 0.29) is 5.41 Å². The molecule has 6 rings (SSSR count). The second kappa shape index (κ2) is 12.5. The third-order valence-corrected chi connectivity index (χ3v) is 10.1. The zero-order valence-electron chi connectivity index (χ0n) is 25.8. The van der Waals surface area contributed by atoms with Crippen molar-refractivity contribution >= 4 is 22.8 Å². The molecule has 1 aliphatic rings. The molecule has 0 aliphatic heterocycles. The summed E-state index contributed by atoms with van der Waals surface area (Å²) in [7, 11) is 0. The molecule has 4 aromatic carbocycles. The lowest BCUT2D eigenvalue weighted by atomic mass is 9.70. The van der Waals surface area contributed by atoms with Crippen LogP contribution in [-0.2, 0) is 5.41 Å². The molecule has 1 aromatic heterocycles. The average molecular weight is 573 g/mol. The van der Waals surface area contributed by atoms with E-state index in [2.05, 4.69) is 105 Å². The molecule has 216 valence electrons. The van der Waals surface area contributed by atoms with Gasteiger partial charge in [0.2, 0.25) is 0 Å². The fourth-order valence-electron chi connectivity index (χ4n) is 7.18. The third-order valence-electron chi connectivity index (χ3n) is 9.59. The fourth-order valence-corrected chi connectivity index (χ4v) is 7.80. The molecule has 0 spiro atoms. The van der Waals surface area contributed by atoms with Gasteiger partial charge in [-0.3, -0.25) is 0 Å². The van der Waals surface area contributed by atoms with E-state index in [0.29, 0.717) is 0 Å². The number of hydrogen-bond donors (Lipinski definition) is 0. The summed E-state index contributed by atoms with van der Waals surface area (Å²) >= 11 is 1.32. The summed E-state index contributed by atoms with van der Waals surface area (Å²) in [6.07, 6.45) is 12.7.